The van der Waals surface area contributed by atoms with Gasteiger partial charge in [0.05, 0.1) is 6.61 Å². The summed E-state index contributed by atoms with van der Waals surface area (Å²) in [6.45, 7) is 1.89. The molecular weight excluding hydrogens is 280 g/mol. The van der Waals surface area contributed by atoms with Gasteiger partial charge < -0.3 is 14.5 Å². The molecule has 1 aromatic rings. The standard InChI is InChI=1S/C17H24N2O3/c1-18-11-9-14(13-16(18)20)17(21)19(2)10-6-12-22-15-7-4-3-5-8-15/h3-5,7-8,14H,6,9-13H2,1-2H3. The highest BCUT2D eigenvalue weighted by Gasteiger charge is 2.30. The minimum absolute atomic E-state index is 0.0606. The number of carbonyl (C=O) groups is 2. The van der Waals surface area contributed by atoms with Crippen LogP contribution in [0.1, 0.15) is 19.3 Å². The van der Waals surface area contributed by atoms with Gasteiger partial charge in [0.25, 0.3) is 0 Å². The van der Waals surface area contributed by atoms with Crippen molar-refractivity contribution in [2.75, 3.05) is 33.8 Å². The summed E-state index contributed by atoms with van der Waals surface area (Å²) in [6, 6.07) is 9.64. The van der Waals surface area contributed by atoms with Crippen molar-refractivity contribution in [3.63, 3.8) is 0 Å². The van der Waals surface area contributed by atoms with Gasteiger partial charge in [-0.15, -0.1) is 0 Å². The van der Waals surface area contributed by atoms with E-state index in [2.05, 4.69) is 0 Å². The van der Waals surface area contributed by atoms with Gasteiger partial charge in [0.2, 0.25) is 11.8 Å². The summed E-state index contributed by atoms with van der Waals surface area (Å²) in [6.07, 6.45) is 1.86. The molecule has 22 heavy (non-hydrogen) atoms. The van der Waals surface area contributed by atoms with Crippen molar-refractivity contribution in [3.8, 4) is 5.75 Å². The second-order valence-corrected chi connectivity index (χ2v) is 5.78. The summed E-state index contributed by atoms with van der Waals surface area (Å²) in [5, 5.41) is 0. The van der Waals surface area contributed by atoms with Gasteiger partial charge in [-0.1, -0.05) is 18.2 Å². The molecule has 0 bridgehead atoms. The SMILES string of the molecule is CN1CCC(C(=O)N(C)CCCOc2ccccc2)CC1=O. The first-order valence-electron chi connectivity index (χ1n) is 7.74. The summed E-state index contributed by atoms with van der Waals surface area (Å²) in [5.41, 5.74) is 0. The van der Waals surface area contributed by atoms with Crippen LogP contribution in [0.3, 0.4) is 0 Å². The zero-order valence-corrected chi connectivity index (χ0v) is 13.3. The number of para-hydroxylation sites is 1. The van der Waals surface area contributed by atoms with E-state index in [1.807, 2.05) is 30.3 Å². The van der Waals surface area contributed by atoms with Crippen molar-refractivity contribution in [2.24, 2.45) is 5.92 Å². The van der Waals surface area contributed by atoms with Gasteiger partial charge in [0.1, 0.15) is 5.75 Å². The predicted octanol–water partition coefficient (Wildman–Crippen LogP) is 1.78. The van der Waals surface area contributed by atoms with Crippen LogP contribution in [0.5, 0.6) is 5.75 Å². The lowest BCUT2D eigenvalue weighted by atomic mass is 9.95. The minimum Gasteiger partial charge on any atom is -0.494 e. The molecule has 1 aliphatic rings. The maximum atomic E-state index is 12.3. The van der Waals surface area contributed by atoms with Crippen LogP contribution in [0.4, 0.5) is 0 Å². The van der Waals surface area contributed by atoms with Crippen LogP contribution in [0.25, 0.3) is 0 Å². The molecule has 1 aliphatic heterocycles. The van der Waals surface area contributed by atoms with Gasteiger partial charge in [0.15, 0.2) is 0 Å². The number of benzene rings is 1. The van der Waals surface area contributed by atoms with Crippen molar-refractivity contribution in [3.05, 3.63) is 30.3 Å². The molecule has 1 heterocycles. The molecule has 1 saturated heterocycles. The molecule has 0 aromatic heterocycles. The zero-order valence-electron chi connectivity index (χ0n) is 13.3. The summed E-state index contributed by atoms with van der Waals surface area (Å²) in [7, 11) is 3.58. The smallest absolute Gasteiger partial charge is 0.226 e. The molecule has 1 unspecified atom stereocenters. The first-order valence-corrected chi connectivity index (χ1v) is 7.74. The van der Waals surface area contributed by atoms with Gasteiger partial charge in [-0.2, -0.15) is 0 Å². The van der Waals surface area contributed by atoms with Gasteiger partial charge in [0, 0.05) is 39.5 Å². The third-order valence-corrected chi connectivity index (χ3v) is 4.04. The number of rotatable bonds is 6. The molecule has 0 spiro atoms. The lowest BCUT2D eigenvalue weighted by Gasteiger charge is -2.30. The number of amides is 2. The highest BCUT2D eigenvalue weighted by atomic mass is 16.5. The predicted molar refractivity (Wildman–Crippen MR) is 84.6 cm³/mol. The highest BCUT2D eigenvalue weighted by Crippen LogP contribution is 2.19. The first kappa shape index (κ1) is 16.3. The second kappa shape index (κ2) is 7.82. The number of hydrogen-bond acceptors (Lipinski definition) is 3. The Morgan fingerprint density at radius 3 is 2.77 bits per heavy atom. The van der Waals surface area contributed by atoms with Crippen molar-refractivity contribution < 1.29 is 14.3 Å². The molecule has 1 aromatic carbocycles. The Bertz CT molecular complexity index is 504. The molecule has 0 saturated carbocycles. The molecule has 2 amide bonds. The van der Waals surface area contributed by atoms with Crippen molar-refractivity contribution in [2.45, 2.75) is 19.3 Å². The average molecular weight is 304 g/mol. The molecule has 1 fully saturated rings. The van der Waals surface area contributed by atoms with Crippen LogP contribution in [-0.2, 0) is 9.59 Å². The van der Waals surface area contributed by atoms with E-state index >= 15 is 0 Å². The van der Waals surface area contributed by atoms with Gasteiger partial charge in [-0.25, -0.2) is 0 Å². The second-order valence-electron chi connectivity index (χ2n) is 5.78. The Kier molecular flexibility index (Phi) is 5.81. The zero-order chi connectivity index (χ0) is 15.9. The number of ether oxygens (including phenoxy) is 1. The van der Waals surface area contributed by atoms with E-state index in [1.54, 1.807) is 23.9 Å². The van der Waals surface area contributed by atoms with Crippen LogP contribution in [0, 0.1) is 5.92 Å². The molecule has 1 atom stereocenters. The summed E-state index contributed by atoms with van der Waals surface area (Å²) < 4.78 is 5.61. The molecule has 120 valence electrons. The Labute approximate surface area is 131 Å². The van der Waals surface area contributed by atoms with Crippen molar-refractivity contribution >= 4 is 11.8 Å². The lowest BCUT2D eigenvalue weighted by Crippen LogP contribution is -2.43. The van der Waals surface area contributed by atoms with Gasteiger partial charge in [-0.05, 0) is 25.0 Å². The summed E-state index contributed by atoms with van der Waals surface area (Å²) in [5.74, 6) is 0.813. The largest absolute Gasteiger partial charge is 0.494 e. The summed E-state index contributed by atoms with van der Waals surface area (Å²) >= 11 is 0. The molecule has 2 rings (SSSR count). The van der Waals surface area contributed by atoms with Crippen LogP contribution in [-0.4, -0.2) is 55.4 Å². The third kappa shape index (κ3) is 4.48. The van der Waals surface area contributed by atoms with E-state index in [0.29, 0.717) is 26.1 Å². The van der Waals surface area contributed by atoms with Crippen molar-refractivity contribution in [1.29, 1.82) is 0 Å². The normalized spacial score (nSPS) is 18.2. The monoisotopic (exact) mass is 304 g/mol. The molecule has 0 N–H and O–H groups in total. The topological polar surface area (TPSA) is 49.9 Å². The Hall–Kier alpha value is -2.04. The highest BCUT2D eigenvalue weighted by molar-refractivity contribution is 5.86. The fraction of sp³-hybridized carbons (Fsp3) is 0.529. The van der Waals surface area contributed by atoms with Crippen LogP contribution in [0.2, 0.25) is 0 Å². The fourth-order valence-corrected chi connectivity index (χ4v) is 2.58. The summed E-state index contributed by atoms with van der Waals surface area (Å²) in [4.78, 5) is 27.4. The maximum absolute atomic E-state index is 12.3. The van der Waals surface area contributed by atoms with E-state index in [-0.39, 0.29) is 17.7 Å². The Morgan fingerprint density at radius 1 is 1.36 bits per heavy atom. The molecular formula is C17H24N2O3. The van der Waals surface area contributed by atoms with Crippen LogP contribution in [0.15, 0.2) is 30.3 Å². The third-order valence-electron chi connectivity index (χ3n) is 4.04. The van der Waals surface area contributed by atoms with E-state index in [1.165, 1.54) is 0 Å². The quantitative estimate of drug-likeness (QED) is 0.753. The number of carbonyl (C=O) groups excluding carboxylic acids is 2. The number of piperidine rings is 1. The van der Waals surface area contributed by atoms with E-state index in [0.717, 1.165) is 18.6 Å². The molecule has 0 aliphatic carbocycles. The molecule has 5 nitrogen and oxygen atoms in total. The molecule has 5 heteroatoms. The van der Waals surface area contributed by atoms with Crippen LogP contribution < -0.4 is 4.74 Å². The number of hydrogen-bond donors (Lipinski definition) is 0. The fourth-order valence-electron chi connectivity index (χ4n) is 2.58. The Balaban J connectivity index is 1.69. The number of nitrogens with zero attached hydrogens (tertiary/aromatic N) is 2. The Morgan fingerprint density at radius 2 is 2.09 bits per heavy atom. The minimum atomic E-state index is -0.163. The van der Waals surface area contributed by atoms with E-state index in [9.17, 15) is 9.59 Å². The average Bonchev–Trinajstić information content (AvgIpc) is 2.54. The van der Waals surface area contributed by atoms with Crippen LogP contribution >= 0.6 is 0 Å². The van der Waals surface area contributed by atoms with Gasteiger partial charge >= 0.3 is 0 Å². The van der Waals surface area contributed by atoms with Gasteiger partial charge in [-0.3, -0.25) is 9.59 Å². The number of likely N-dealkylation sites (tertiary alicyclic amines) is 1. The van der Waals surface area contributed by atoms with Crippen molar-refractivity contribution in [1.82, 2.24) is 9.80 Å². The van der Waals surface area contributed by atoms with E-state index in [4.69, 9.17) is 4.74 Å². The first-order chi connectivity index (χ1) is 10.6. The molecule has 0 radical (unpaired) electrons. The maximum Gasteiger partial charge on any atom is 0.226 e. The van der Waals surface area contributed by atoms with E-state index < -0.39 is 0 Å². The lowest BCUT2D eigenvalue weighted by molar-refractivity contribution is -0.143.